The number of fused-ring (bicyclic) bond motifs is 2. The van der Waals surface area contributed by atoms with Crippen molar-refractivity contribution in [2.24, 2.45) is 0 Å². The third kappa shape index (κ3) is 7.23. The van der Waals surface area contributed by atoms with E-state index in [1.54, 1.807) is 0 Å². The van der Waals surface area contributed by atoms with Crippen molar-refractivity contribution >= 4 is 32.8 Å². The van der Waals surface area contributed by atoms with Gasteiger partial charge >= 0.3 is 0 Å². The highest BCUT2D eigenvalue weighted by molar-refractivity contribution is 7.89. The molecule has 0 bridgehead atoms. The van der Waals surface area contributed by atoms with Crippen LogP contribution in [0.2, 0.25) is 0 Å². The lowest BCUT2D eigenvalue weighted by Crippen LogP contribution is -3.00. The molecule has 1 saturated carbocycles. The number of hydrogen-bond donors (Lipinski definition) is 0. The molecular weight excluding hydrogens is 821 g/mol. The van der Waals surface area contributed by atoms with Gasteiger partial charge in [-0.3, -0.25) is 10.1 Å². The van der Waals surface area contributed by atoms with Crippen LogP contribution >= 0.6 is 0 Å². The first-order chi connectivity index (χ1) is 25.8. The summed E-state index contributed by atoms with van der Waals surface area (Å²) in [5.41, 5.74) is 11.1. The summed E-state index contributed by atoms with van der Waals surface area (Å²) in [5, 5.41) is 11.2. The van der Waals surface area contributed by atoms with Gasteiger partial charge in [0.15, 0.2) is 13.1 Å². The molecule has 7 rings (SSSR count). The predicted molar refractivity (Wildman–Crippen MR) is 218 cm³/mol. The lowest BCUT2D eigenvalue weighted by molar-refractivity contribution is -0.536. The minimum Gasteiger partial charge on any atom is -1.00 e. The van der Waals surface area contributed by atoms with E-state index in [9.17, 15) is 18.5 Å². The first kappa shape index (κ1) is 40.6. The number of para-hydroxylation sites is 2. The number of halogens is 1. The normalized spacial score (nSPS) is 22.4. The van der Waals surface area contributed by atoms with E-state index < -0.39 is 14.9 Å². The zero-order chi connectivity index (χ0) is 38.4. The molecule has 0 unspecified atom stereocenters. The lowest BCUT2D eigenvalue weighted by Gasteiger charge is -2.29. The monoisotopic (exact) mass is 873 g/mol. The molecule has 0 atom stereocenters. The molecule has 0 radical (unpaired) electrons. The third-order valence-electron chi connectivity index (χ3n) is 11.9. The second-order valence-corrected chi connectivity index (χ2v) is 17.5. The number of nitrogens with zero attached hydrogens (tertiary/aromatic N) is 5. The fourth-order valence-corrected chi connectivity index (χ4v) is 10.4. The van der Waals surface area contributed by atoms with E-state index in [0.717, 1.165) is 32.4 Å². The molecular formula is C44H52IN5O4S. The Morgan fingerprint density at radius 2 is 1.18 bits per heavy atom. The Morgan fingerprint density at radius 3 is 1.62 bits per heavy atom. The van der Waals surface area contributed by atoms with E-state index >= 15 is 0 Å². The molecule has 0 N–H and O–H groups in total. The van der Waals surface area contributed by atoms with E-state index in [1.807, 2.05) is 0 Å². The number of nitro benzene ring substituents is 1. The van der Waals surface area contributed by atoms with Crippen molar-refractivity contribution in [3.63, 3.8) is 0 Å². The summed E-state index contributed by atoms with van der Waals surface area (Å²) in [6, 6.07) is 22.6. The molecule has 3 aromatic carbocycles. The molecule has 1 aliphatic carbocycles. The first-order valence-electron chi connectivity index (χ1n) is 19.2. The highest BCUT2D eigenvalue weighted by atomic mass is 127. The van der Waals surface area contributed by atoms with Crippen LogP contribution in [0.4, 0.5) is 17.1 Å². The Hall–Kier alpha value is -4.07. The summed E-state index contributed by atoms with van der Waals surface area (Å²) < 4.78 is 31.3. The minimum absolute atomic E-state index is 0. The molecule has 0 amide bonds. The van der Waals surface area contributed by atoms with E-state index in [-0.39, 0.29) is 45.4 Å². The van der Waals surface area contributed by atoms with Crippen molar-refractivity contribution in [2.75, 3.05) is 49.1 Å². The number of allylic oxidation sites excluding steroid dienone is 8. The first-order valence-corrected chi connectivity index (χ1v) is 20.7. The summed E-state index contributed by atoms with van der Waals surface area (Å²) in [6.45, 7) is 17.1. The Kier molecular flexibility index (Phi) is 11.7. The van der Waals surface area contributed by atoms with Crippen LogP contribution in [-0.2, 0) is 20.9 Å². The number of hydrogen-bond acceptors (Lipinski definition) is 6. The van der Waals surface area contributed by atoms with E-state index in [4.69, 9.17) is 0 Å². The van der Waals surface area contributed by atoms with Crippen LogP contribution in [0.5, 0.6) is 0 Å². The number of nitro groups is 1. The van der Waals surface area contributed by atoms with Gasteiger partial charge in [0.05, 0.1) is 22.9 Å². The van der Waals surface area contributed by atoms with Crippen LogP contribution in [0.15, 0.2) is 125 Å². The van der Waals surface area contributed by atoms with Gasteiger partial charge < -0.3 is 33.8 Å². The summed E-state index contributed by atoms with van der Waals surface area (Å²) in [4.78, 5) is 15.6. The van der Waals surface area contributed by atoms with Gasteiger partial charge in [0.1, 0.15) is 0 Å². The van der Waals surface area contributed by atoms with Crippen LogP contribution in [0.1, 0.15) is 71.9 Å². The molecule has 0 spiro atoms. The maximum Gasteiger partial charge on any atom is 0.269 e. The van der Waals surface area contributed by atoms with Gasteiger partial charge in [0.25, 0.3) is 5.69 Å². The zero-order valence-corrected chi connectivity index (χ0v) is 35.7. The number of piperazine rings is 1. The van der Waals surface area contributed by atoms with Crippen molar-refractivity contribution in [1.82, 2.24) is 4.31 Å². The number of anilines is 2. The zero-order valence-electron chi connectivity index (χ0n) is 32.8. The van der Waals surface area contributed by atoms with Crippen LogP contribution in [-0.4, -0.2) is 67.2 Å². The van der Waals surface area contributed by atoms with Crippen LogP contribution in [0, 0.1) is 10.1 Å². The summed E-state index contributed by atoms with van der Waals surface area (Å²) in [7, 11) is -3.81. The van der Waals surface area contributed by atoms with Crippen molar-refractivity contribution in [3.05, 3.63) is 141 Å². The fourth-order valence-electron chi connectivity index (χ4n) is 9.01. The van der Waals surface area contributed by atoms with Crippen LogP contribution in [0.25, 0.3) is 0 Å². The Labute approximate surface area is 343 Å². The summed E-state index contributed by atoms with van der Waals surface area (Å²) in [6.07, 6.45) is 12.2. The average Bonchev–Trinajstić information content (AvgIpc) is 3.54. The number of rotatable bonds is 7. The fraction of sp³-hybridized carbons (Fsp3) is 0.386. The lowest BCUT2D eigenvalue weighted by atomic mass is 9.82. The van der Waals surface area contributed by atoms with Gasteiger partial charge in [-0.2, -0.15) is 4.31 Å². The molecule has 2 fully saturated rings. The van der Waals surface area contributed by atoms with Gasteiger partial charge in [0.2, 0.25) is 15.7 Å². The molecule has 4 aliphatic rings. The van der Waals surface area contributed by atoms with Gasteiger partial charge in [-0.15, -0.1) is 0 Å². The second-order valence-electron chi connectivity index (χ2n) is 15.6. The Bertz CT molecular complexity index is 2140. The molecule has 0 aromatic heterocycles. The molecule has 11 heteroatoms. The van der Waals surface area contributed by atoms with Crippen molar-refractivity contribution in [3.8, 4) is 0 Å². The topological polar surface area (TPSA) is 90.0 Å². The standard InChI is InChI=1S/C44H52N5O4S.HI/c1-7-47-38-18-11-9-16-36(38)43(3,4)40(47)26-20-32-14-13-15-33(21-27-41-44(5,6)37-17-10-12-19-39(37)48(41)8-2)42(32)45-28-30-46(31-29-45)54(52,53)35-24-22-34(23-25-35)49(50)51;/h9-12,16-27H,7-8,13-15,28-31H2,1-6H3;1H/q+1;/p-1. The number of benzene rings is 3. The maximum absolute atomic E-state index is 13.7. The third-order valence-corrected chi connectivity index (χ3v) is 13.8. The van der Waals surface area contributed by atoms with E-state index in [1.165, 1.54) is 79.3 Å². The molecule has 55 heavy (non-hydrogen) atoms. The number of non-ortho nitro benzene ring substituents is 1. The molecule has 3 aliphatic heterocycles. The second kappa shape index (κ2) is 15.8. The van der Waals surface area contributed by atoms with Gasteiger partial charge in [0, 0.05) is 70.0 Å². The smallest absolute Gasteiger partial charge is 0.269 e. The number of likely N-dealkylation sites (N-methyl/N-ethyl adjacent to an activating group) is 2. The van der Waals surface area contributed by atoms with Crippen molar-refractivity contribution < 1.29 is 41.9 Å². The number of sulfonamides is 1. The molecule has 1 saturated heterocycles. The van der Waals surface area contributed by atoms with Gasteiger partial charge in [-0.05, 0) is 80.7 Å². The predicted octanol–water partition coefficient (Wildman–Crippen LogP) is 5.50. The van der Waals surface area contributed by atoms with E-state index in [0.29, 0.717) is 26.2 Å². The molecule has 9 nitrogen and oxygen atoms in total. The summed E-state index contributed by atoms with van der Waals surface area (Å²) >= 11 is 0. The SMILES string of the molecule is CCN1C(=CC=C2CCC/C(=C\C=C3\N(CC)c4ccccc4C3(C)C)C2=[N+]2CCN(S(=O)(=O)c3ccc([N+](=O)[O-])cc3)CC2)C(C)(C)c2ccccc21.[I-]. The quantitative estimate of drug-likeness (QED) is 0.135. The van der Waals surface area contributed by atoms with Crippen molar-refractivity contribution in [1.29, 1.82) is 0 Å². The van der Waals surface area contributed by atoms with Gasteiger partial charge in [-0.1, -0.05) is 76.2 Å². The maximum atomic E-state index is 13.7. The van der Waals surface area contributed by atoms with Crippen LogP contribution < -0.4 is 33.8 Å². The molecule has 3 heterocycles. The molecule has 3 aromatic rings. The highest BCUT2D eigenvalue weighted by Gasteiger charge is 2.41. The van der Waals surface area contributed by atoms with Gasteiger partial charge in [-0.25, -0.2) is 13.0 Å². The highest BCUT2D eigenvalue weighted by Crippen LogP contribution is 2.49. The summed E-state index contributed by atoms with van der Waals surface area (Å²) in [5.74, 6) is 0. The minimum atomic E-state index is -3.81. The molecule has 290 valence electrons. The Morgan fingerprint density at radius 1 is 0.727 bits per heavy atom. The van der Waals surface area contributed by atoms with Crippen molar-refractivity contribution in [2.45, 2.75) is 76.5 Å². The average molecular weight is 874 g/mol. The van der Waals surface area contributed by atoms with E-state index in [2.05, 4.69) is 129 Å². The Balaban J connectivity index is 0.00000514. The largest absolute Gasteiger partial charge is 1.00 e. The van der Waals surface area contributed by atoms with Crippen LogP contribution in [0.3, 0.4) is 0 Å².